The van der Waals surface area contributed by atoms with Gasteiger partial charge >= 0.3 is 0 Å². The lowest BCUT2D eigenvalue weighted by atomic mass is 10.1. The molecule has 29 heavy (non-hydrogen) atoms. The number of anilines is 1. The van der Waals surface area contributed by atoms with Gasteiger partial charge in [-0.2, -0.15) is 0 Å². The van der Waals surface area contributed by atoms with Crippen molar-refractivity contribution in [1.82, 2.24) is 19.7 Å². The molecule has 0 saturated heterocycles. The molecule has 2 heterocycles. The maximum Gasteiger partial charge on any atom is 0.240 e. The molecule has 0 fully saturated rings. The third-order valence-electron chi connectivity index (χ3n) is 4.15. The van der Waals surface area contributed by atoms with E-state index < -0.39 is 15.6 Å². The number of hydrogen-bond acceptors (Lipinski definition) is 8. The van der Waals surface area contributed by atoms with Gasteiger partial charge in [-0.05, 0) is 45.4 Å². The van der Waals surface area contributed by atoms with Crippen molar-refractivity contribution in [3.8, 4) is 21.8 Å². The molecular weight excluding hydrogens is 410 g/mol. The molecule has 4 N–H and O–H groups in total. The summed E-state index contributed by atoms with van der Waals surface area (Å²) in [4.78, 5) is 14.0. The van der Waals surface area contributed by atoms with Gasteiger partial charge < -0.3 is 10.8 Å². The van der Waals surface area contributed by atoms with Crippen LogP contribution in [0.5, 0.6) is 0 Å². The summed E-state index contributed by atoms with van der Waals surface area (Å²) in [7, 11) is -3.80. The Balaban J connectivity index is 2.03. The van der Waals surface area contributed by atoms with E-state index in [1.165, 1.54) is 37.4 Å². The molecule has 154 valence electrons. The van der Waals surface area contributed by atoms with Crippen LogP contribution in [-0.4, -0.2) is 40.6 Å². The highest BCUT2D eigenvalue weighted by atomic mass is 32.2. The van der Waals surface area contributed by atoms with Gasteiger partial charge in [0.1, 0.15) is 5.69 Å². The van der Waals surface area contributed by atoms with Crippen molar-refractivity contribution < 1.29 is 13.5 Å². The molecule has 0 spiro atoms. The lowest BCUT2D eigenvalue weighted by Crippen LogP contribution is -2.38. The summed E-state index contributed by atoms with van der Waals surface area (Å²) in [5.41, 5.74) is 7.34. The number of nitrogens with zero attached hydrogens (tertiary/aromatic N) is 3. The van der Waals surface area contributed by atoms with Gasteiger partial charge in [0.05, 0.1) is 32.3 Å². The molecule has 3 aromatic rings. The van der Waals surface area contributed by atoms with E-state index in [-0.39, 0.29) is 17.3 Å². The summed E-state index contributed by atoms with van der Waals surface area (Å²) >= 11 is 1.46. The van der Waals surface area contributed by atoms with Gasteiger partial charge in [-0.1, -0.05) is 6.07 Å². The fraction of sp³-hybridized carbons (Fsp3) is 0.316. The fourth-order valence-electron chi connectivity index (χ4n) is 2.58. The average molecular weight is 434 g/mol. The van der Waals surface area contributed by atoms with Crippen LogP contribution in [0.3, 0.4) is 0 Å². The normalized spacial score (nSPS) is 12.3. The summed E-state index contributed by atoms with van der Waals surface area (Å²) in [6.07, 6.45) is 3.22. The summed E-state index contributed by atoms with van der Waals surface area (Å²) in [6.45, 7) is 6.71. The minimum Gasteiger partial charge on any atom is -0.389 e. The van der Waals surface area contributed by atoms with Crippen LogP contribution in [0.2, 0.25) is 0 Å². The molecule has 0 atom stereocenters. The number of aromatic nitrogens is 3. The molecule has 0 radical (unpaired) electrons. The number of sulfonamides is 1. The van der Waals surface area contributed by atoms with Gasteiger partial charge in [-0.3, -0.25) is 0 Å². The highest BCUT2D eigenvalue weighted by Gasteiger charge is 2.21. The topological polar surface area (TPSA) is 131 Å². The van der Waals surface area contributed by atoms with Crippen LogP contribution in [0.1, 0.15) is 24.4 Å². The molecule has 0 amide bonds. The molecule has 3 rings (SSSR count). The molecule has 0 aliphatic carbocycles. The zero-order chi connectivity index (χ0) is 21.4. The van der Waals surface area contributed by atoms with E-state index in [1.54, 1.807) is 18.3 Å². The number of aliphatic hydroxyl groups is 1. The predicted molar refractivity (Wildman–Crippen MR) is 114 cm³/mol. The van der Waals surface area contributed by atoms with Crippen molar-refractivity contribution in [2.75, 3.05) is 12.3 Å². The van der Waals surface area contributed by atoms with Crippen LogP contribution < -0.4 is 10.5 Å². The van der Waals surface area contributed by atoms with E-state index in [1.807, 2.05) is 13.8 Å². The first kappa shape index (κ1) is 21.3. The maximum absolute atomic E-state index is 12.6. The van der Waals surface area contributed by atoms with Crippen molar-refractivity contribution in [3.05, 3.63) is 41.2 Å². The molecule has 0 aliphatic rings. The van der Waals surface area contributed by atoms with Gasteiger partial charge in [0.2, 0.25) is 10.0 Å². The van der Waals surface area contributed by atoms with Crippen molar-refractivity contribution in [2.45, 2.75) is 38.2 Å². The number of hydrogen-bond donors (Lipinski definition) is 3. The Kier molecular flexibility index (Phi) is 5.72. The van der Waals surface area contributed by atoms with E-state index in [2.05, 4.69) is 19.7 Å². The third-order valence-corrected chi connectivity index (χ3v) is 6.46. The number of rotatable bonds is 6. The third kappa shape index (κ3) is 4.96. The number of nitrogens with one attached hydrogen (secondary N) is 1. The minimum absolute atomic E-state index is 0.0798. The Hall–Kier alpha value is -2.40. The Labute approximate surface area is 173 Å². The van der Waals surface area contributed by atoms with E-state index in [0.29, 0.717) is 17.0 Å². The first-order valence-corrected chi connectivity index (χ1v) is 11.1. The van der Waals surface area contributed by atoms with Gasteiger partial charge in [0.25, 0.3) is 0 Å². The van der Waals surface area contributed by atoms with E-state index >= 15 is 0 Å². The zero-order valence-electron chi connectivity index (χ0n) is 16.6. The van der Waals surface area contributed by atoms with Crippen LogP contribution in [0.15, 0.2) is 35.5 Å². The molecule has 0 aliphatic heterocycles. The number of aryl methyl sites for hydroxylation is 2. The molecule has 0 saturated carbocycles. The van der Waals surface area contributed by atoms with Crippen LogP contribution >= 0.6 is 11.3 Å². The van der Waals surface area contributed by atoms with Crippen LogP contribution in [0.25, 0.3) is 21.8 Å². The molecule has 10 heteroatoms. The Morgan fingerprint density at radius 1 is 1.21 bits per heavy atom. The van der Waals surface area contributed by atoms with E-state index in [0.717, 1.165) is 15.4 Å². The van der Waals surface area contributed by atoms with Crippen LogP contribution in [0, 0.1) is 13.8 Å². The fourth-order valence-corrected chi connectivity index (χ4v) is 4.59. The summed E-state index contributed by atoms with van der Waals surface area (Å²) in [6, 6.07) is 4.77. The second kappa shape index (κ2) is 7.79. The molecule has 1 aromatic carbocycles. The van der Waals surface area contributed by atoms with Crippen molar-refractivity contribution >= 4 is 27.2 Å². The standard InChI is InChI=1S/C19H23N5O3S2/c1-11-5-6-13(29(26,27)23-10-19(3,4)25)7-14(11)15-8-22-18(20)17(24-15)16-9-21-12(2)28-16/h5-9,23,25H,10H2,1-4H3,(H2,20,22). The second-order valence-corrected chi connectivity index (χ2v) is 10.3. The highest BCUT2D eigenvalue weighted by Crippen LogP contribution is 2.31. The van der Waals surface area contributed by atoms with Crippen LogP contribution in [0.4, 0.5) is 5.82 Å². The molecular formula is C19H23N5O3S2. The number of thiazole rings is 1. The number of benzene rings is 1. The van der Waals surface area contributed by atoms with Gasteiger partial charge in [0.15, 0.2) is 5.82 Å². The number of nitrogen functional groups attached to an aromatic ring is 1. The quantitative estimate of drug-likeness (QED) is 0.544. The zero-order valence-corrected chi connectivity index (χ0v) is 18.2. The summed E-state index contributed by atoms with van der Waals surface area (Å²) < 4.78 is 27.7. The second-order valence-electron chi connectivity index (χ2n) is 7.35. The van der Waals surface area contributed by atoms with E-state index in [9.17, 15) is 13.5 Å². The molecule has 0 unspecified atom stereocenters. The van der Waals surface area contributed by atoms with Crippen molar-refractivity contribution in [1.29, 1.82) is 0 Å². The summed E-state index contributed by atoms with van der Waals surface area (Å²) in [5, 5.41) is 10.7. The minimum atomic E-state index is -3.80. The Morgan fingerprint density at radius 2 is 1.93 bits per heavy atom. The molecule has 8 nitrogen and oxygen atoms in total. The van der Waals surface area contributed by atoms with Gasteiger partial charge in [-0.15, -0.1) is 11.3 Å². The Bertz CT molecular complexity index is 1150. The van der Waals surface area contributed by atoms with E-state index in [4.69, 9.17) is 5.73 Å². The SMILES string of the molecule is Cc1ncc(-c2nc(-c3cc(S(=O)(=O)NCC(C)(C)O)ccc3C)cnc2N)s1. The van der Waals surface area contributed by atoms with Crippen molar-refractivity contribution in [3.63, 3.8) is 0 Å². The first-order valence-electron chi connectivity index (χ1n) is 8.85. The Morgan fingerprint density at radius 3 is 2.55 bits per heavy atom. The lowest BCUT2D eigenvalue weighted by Gasteiger charge is -2.18. The highest BCUT2D eigenvalue weighted by molar-refractivity contribution is 7.89. The predicted octanol–water partition coefficient (Wildman–Crippen LogP) is 2.52. The monoisotopic (exact) mass is 433 g/mol. The maximum atomic E-state index is 12.6. The van der Waals surface area contributed by atoms with Crippen molar-refractivity contribution in [2.24, 2.45) is 0 Å². The average Bonchev–Trinajstić information content (AvgIpc) is 3.06. The summed E-state index contributed by atoms with van der Waals surface area (Å²) in [5.74, 6) is 0.283. The van der Waals surface area contributed by atoms with Gasteiger partial charge in [-0.25, -0.2) is 28.1 Å². The first-order chi connectivity index (χ1) is 13.5. The molecule has 2 aromatic heterocycles. The lowest BCUT2D eigenvalue weighted by molar-refractivity contribution is 0.0857. The smallest absolute Gasteiger partial charge is 0.240 e. The molecule has 0 bridgehead atoms. The largest absolute Gasteiger partial charge is 0.389 e. The van der Waals surface area contributed by atoms with Crippen LogP contribution in [-0.2, 0) is 10.0 Å². The number of nitrogens with two attached hydrogens (primary N) is 1. The van der Waals surface area contributed by atoms with Gasteiger partial charge in [0, 0.05) is 18.3 Å².